The Morgan fingerprint density at radius 3 is 2.56 bits per heavy atom. The van der Waals surface area contributed by atoms with Crippen molar-refractivity contribution >= 4 is 27.8 Å². The molecular weight excluding hydrogens is 406 g/mol. The Kier molecular flexibility index (Phi) is 7.47. The summed E-state index contributed by atoms with van der Waals surface area (Å²) in [4.78, 5) is 28.2. The number of likely N-dealkylation sites (N-methyl/N-ethyl adjacent to an activating group) is 1. The molecule has 1 amide bonds. The molecule has 1 aliphatic heterocycles. The molecule has 0 unspecified atom stereocenters. The molecule has 0 radical (unpaired) electrons. The fraction of sp³-hybridized carbons (Fsp3) is 0.750. The summed E-state index contributed by atoms with van der Waals surface area (Å²) in [5.41, 5.74) is 0. The number of anilines is 1. The van der Waals surface area contributed by atoms with Gasteiger partial charge in [-0.15, -0.1) is 0 Å². The molecule has 0 atom stereocenters. The highest BCUT2D eigenvalue weighted by molar-refractivity contribution is 9.10. The number of carbonyl (C=O) groups excluding carboxylic acids is 1. The van der Waals surface area contributed by atoms with Crippen molar-refractivity contribution in [3.05, 3.63) is 16.9 Å². The fourth-order valence-corrected chi connectivity index (χ4v) is 4.41. The molecule has 2 aliphatic rings. The molecule has 1 saturated carbocycles. The highest BCUT2D eigenvalue weighted by Gasteiger charge is 2.30. The van der Waals surface area contributed by atoms with E-state index in [2.05, 4.69) is 54.7 Å². The Hall–Kier alpha value is -1.21. The standard InChI is InChI=1S/C20H32BrN5O/c1-24-9-3-10-26(13-12-24)19(27)17-6-4-16(5-7-17)8-11-25(2)20-22-14-18(21)15-23-20/h14-17H,3-13H2,1-2H3. The van der Waals surface area contributed by atoms with Crippen LogP contribution in [0.5, 0.6) is 0 Å². The molecule has 7 heteroatoms. The molecule has 27 heavy (non-hydrogen) atoms. The average molecular weight is 438 g/mol. The summed E-state index contributed by atoms with van der Waals surface area (Å²) in [6, 6.07) is 0. The topological polar surface area (TPSA) is 52.6 Å². The molecule has 0 N–H and O–H groups in total. The van der Waals surface area contributed by atoms with Crippen molar-refractivity contribution in [2.24, 2.45) is 11.8 Å². The van der Waals surface area contributed by atoms with Crippen molar-refractivity contribution in [3.63, 3.8) is 0 Å². The van der Waals surface area contributed by atoms with E-state index in [4.69, 9.17) is 0 Å². The summed E-state index contributed by atoms with van der Waals surface area (Å²) in [6.07, 6.45) is 10.3. The maximum Gasteiger partial charge on any atom is 0.225 e. The molecule has 2 heterocycles. The Bertz CT molecular complexity index is 603. The smallest absolute Gasteiger partial charge is 0.225 e. The second-order valence-corrected chi connectivity index (χ2v) is 9.03. The van der Waals surface area contributed by atoms with E-state index in [0.717, 1.165) is 68.8 Å². The van der Waals surface area contributed by atoms with Gasteiger partial charge < -0.3 is 14.7 Å². The molecule has 0 bridgehead atoms. The third kappa shape index (κ3) is 5.88. The van der Waals surface area contributed by atoms with Crippen molar-refractivity contribution in [2.45, 2.75) is 38.5 Å². The van der Waals surface area contributed by atoms with Gasteiger partial charge in [-0.25, -0.2) is 9.97 Å². The first-order chi connectivity index (χ1) is 13.0. The van der Waals surface area contributed by atoms with Crippen LogP contribution in [0.3, 0.4) is 0 Å². The van der Waals surface area contributed by atoms with E-state index in [9.17, 15) is 4.79 Å². The summed E-state index contributed by atoms with van der Waals surface area (Å²) in [5, 5.41) is 0. The molecule has 6 nitrogen and oxygen atoms in total. The minimum Gasteiger partial charge on any atom is -0.344 e. The molecule has 0 spiro atoms. The van der Waals surface area contributed by atoms with Gasteiger partial charge in [0.25, 0.3) is 0 Å². The van der Waals surface area contributed by atoms with Gasteiger partial charge in [-0.2, -0.15) is 0 Å². The summed E-state index contributed by atoms with van der Waals surface area (Å²) in [6.45, 7) is 4.90. The number of hydrogen-bond acceptors (Lipinski definition) is 5. The van der Waals surface area contributed by atoms with Gasteiger partial charge in [0.2, 0.25) is 11.9 Å². The number of rotatable bonds is 5. The number of hydrogen-bond donors (Lipinski definition) is 0. The molecule has 1 aliphatic carbocycles. The van der Waals surface area contributed by atoms with E-state index in [1.807, 2.05) is 0 Å². The summed E-state index contributed by atoms with van der Waals surface area (Å²) >= 11 is 3.37. The van der Waals surface area contributed by atoms with Crippen LogP contribution in [-0.4, -0.2) is 72.5 Å². The van der Waals surface area contributed by atoms with Crippen LogP contribution >= 0.6 is 15.9 Å². The largest absolute Gasteiger partial charge is 0.344 e. The predicted molar refractivity (Wildman–Crippen MR) is 112 cm³/mol. The number of halogens is 1. The van der Waals surface area contributed by atoms with Gasteiger partial charge in [0, 0.05) is 51.5 Å². The van der Waals surface area contributed by atoms with Crippen molar-refractivity contribution in [3.8, 4) is 0 Å². The van der Waals surface area contributed by atoms with Gasteiger partial charge in [-0.1, -0.05) is 0 Å². The number of aromatic nitrogens is 2. The van der Waals surface area contributed by atoms with Crippen LogP contribution in [0.15, 0.2) is 16.9 Å². The molecule has 1 aromatic rings. The van der Waals surface area contributed by atoms with Crippen LogP contribution in [0.4, 0.5) is 5.95 Å². The highest BCUT2D eigenvalue weighted by Crippen LogP contribution is 2.32. The fourth-order valence-electron chi connectivity index (χ4n) is 4.20. The highest BCUT2D eigenvalue weighted by atomic mass is 79.9. The lowest BCUT2D eigenvalue weighted by Crippen LogP contribution is -2.40. The molecular formula is C20H32BrN5O. The quantitative estimate of drug-likeness (QED) is 0.708. The monoisotopic (exact) mass is 437 g/mol. The van der Waals surface area contributed by atoms with Gasteiger partial charge in [0.1, 0.15) is 0 Å². The van der Waals surface area contributed by atoms with Gasteiger partial charge in [-0.3, -0.25) is 4.79 Å². The number of carbonyl (C=O) groups is 1. The Morgan fingerprint density at radius 2 is 1.85 bits per heavy atom. The van der Waals surface area contributed by atoms with Gasteiger partial charge in [0.05, 0.1) is 4.47 Å². The normalized spacial score (nSPS) is 24.5. The van der Waals surface area contributed by atoms with E-state index in [0.29, 0.717) is 11.8 Å². The van der Waals surface area contributed by atoms with Crippen LogP contribution in [0.25, 0.3) is 0 Å². The van der Waals surface area contributed by atoms with Crippen molar-refractivity contribution in [1.29, 1.82) is 0 Å². The molecule has 150 valence electrons. The molecule has 1 aromatic heterocycles. The second-order valence-electron chi connectivity index (χ2n) is 8.11. The van der Waals surface area contributed by atoms with E-state index in [-0.39, 0.29) is 5.92 Å². The lowest BCUT2D eigenvalue weighted by atomic mass is 9.80. The van der Waals surface area contributed by atoms with Crippen LogP contribution in [0.1, 0.15) is 38.5 Å². The number of amides is 1. The molecule has 2 fully saturated rings. The lowest BCUT2D eigenvalue weighted by Gasteiger charge is -2.32. The first kappa shape index (κ1) is 20.5. The Balaban J connectivity index is 1.40. The Morgan fingerprint density at radius 1 is 1.15 bits per heavy atom. The summed E-state index contributed by atoms with van der Waals surface area (Å²) < 4.78 is 0.902. The first-order valence-corrected chi connectivity index (χ1v) is 11.0. The zero-order valence-corrected chi connectivity index (χ0v) is 18.2. The van der Waals surface area contributed by atoms with E-state index in [1.165, 1.54) is 12.8 Å². The van der Waals surface area contributed by atoms with Gasteiger partial charge >= 0.3 is 0 Å². The van der Waals surface area contributed by atoms with Crippen LogP contribution < -0.4 is 4.90 Å². The van der Waals surface area contributed by atoms with Crippen molar-refractivity contribution < 1.29 is 4.79 Å². The van der Waals surface area contributed by atoms with Crippen molar-refractivity contribution in [1.82, 2.24) is 19.8 Å². The second kappa shape index (κ2) is 9.82. The maximum atomic E-state index is 12.9. The van der Waals surface area contributed by atoms with Crippen molar-refractivity contribution in [2.75, 3.05) is 51.7 Å². The third-order valence-corrected chi connectivity index (χ3v) is 6.46. The zero-order chi connectivity index (χ0) is 19.2. The SMILES string of the molecule is CN1CCCN(C(=O)C2CCC(CCN(C)c3ncc(Br)cn3)CC2)CC1. The Labute approximate surface area is 171 Å². The summed E-state index contributed by atoms with van der Waals surface area (Å²) in [5.74, 6) is 2.14. The zero-order valence-electron chi connectivity index (χ0n) is 16.6. The molecule has 3 rings (SSSR count). The van der Waals surface area contributed by atoms with Gasteiger partial charge in [0.15, 0.2) is 0 Å². The minimum atomic E-state index is 0.247. The lowest BCUT2D eigenvalue weighted by molar-refractivity contribution is -0.136. The predicted octanol–water partition coefficient (Wildman–Crippen LogP) is 3.04. The average Bonchev–Trinajstić information content (AvgIpc) is 2.91. The van der Waals surface area contributed by atoms with E-state index in [1.54, 1.807) is 12.4 Å². The summed E-state index contributed by atoms with van der Waals surface area (Å²) in [7, 11) is 4.20. The first-order valence-electron chi connectivity index (χ1n) is 10.2. The van der Waals surface area contributed by atoms with Crippen LogP contribution in [0.2, 0.25) is 0 Å². The molecule has 0 aromatic carbocycles. The van der Waals surface area contributed by atoms with E-state index >= 15 is 0 Å². The number of nitrogens with zero attached hydrogens (tertiary/aromatic N) is 5. The van der Waals surface area contributed by atoms with Gasteiger partial charge in [-0.05, 0) is 74.0 Å². The maximum absolute atomic E-state index is 12.9. The van der Waals surface area contributed by atoms with E-state index < -0.39 is 0 Å². The minimum absolute atomic E-state index is 0.247. The molecule has 1 saturated heterocycles. The third-order valence-electron chi connectivity index (χ3n) is 6.05. The van der Waals surface area contributed by atoms with Crippen LogP contribution in [0, 0.1) is 11.8 Å². The van der Waals surface area contributed by atoms with Crippen LogP contribution in [-0.2, 0) is 4.79 Å².